The van der Waals surface area contributed by atoms with Crippen molar-refractivity contribution in [3.05, 3.63) is 91.9 Å². The number of carbonyl (C=O) groups excluding carboxylic acids is 1. The van der Waals surface area contributed by atoms with Gasteiger partial charge in [-0.05, 0) is 66.6 Å². The van der Waals surface area contributed by atoms with E-state index in [4.69, 9.17) is 32.7 Å². The van der Waals surface area contributed by atoms with Crippen LogP contribution in [-0.4, -0.2) is 18.7 Å². The summed E-state index contributed by atoms with van der Waals surface area (Å²) in [6.45, 7) is 2.80. The van der Waals surface area contributed by atoms with E-state index in [1.165, 1.54) is 12.3 Å². The second-order valence-electron chi connectivity index (χ2n) is 6.38. The highest BCUT2D eigenvalue weighted by atomic mass is 79.9. The maximum absolute atomic E-state index is 12.2. The molecule has 0 radical (unpaired) electrons. The van der Waals surface area contributed by atoms with Gasteiger partial charge < -0.3 is 9.47 Å². The molecule has 3 rings (SSSR count). The van der Waals surface area contributed by atoms with Crippen LogP contribution in [0.1, 0.15) is 28.4 Å². The molecule has 5 nitrogen and oxygen atoms in total. The van der Waals surface area contributed by atoms with Crippen molar-refractivity contribution in [3.63, 3.8) is 0 Å². The molecule has 0 fully saturated rings. The Morgan fingerprint density at radius 2 is 1.81 bits per heavy atom. The summed E-state index contributed by atoms with van der Waals surface area (Å²) in [6, 6.07) is 18.0. The standard InChI is InChI=1S/C23H19BrCl2N2O3/c1-2-30-22-11-16(5-10-21(22)31-14-15-3-6-17(24)7-4-15)13-27-28-23(29)19-9-8-18(25)12-20(19)26/h3-13H,2,14H2,1H3,(H,28,29). The molecule has 0 aromatic heterocycles. The van der Waals surface area contributed by atoms with Crippen molar-refractivity contribution in [2.24, 2.45) is 5.10 Å². The van der Waals surface area contributed by atoms with Gasteiger partial charge in [0.1, 0.15) is 6.61 Å². The van der Waals surface area contributed by atoms with Crippen molar-refractivity contribution < 1.29 is 14.3 Å². The summed E-state index contributed by atoms with van der Waals surface area (Å²) < 4.78 is 12.6. The molecular formula is C23H19BrCl2N2O3. The van der Waals surface area contributed by atoms with E-state index >= 15 is 0 Å². The van der Waals surface area contributed by atoms with Crippen LogP contribution in [0.2, 0.25) is 10.0 Å². The van der Waals surface area contributed by atoms with Crippen LogP contribution in [0.4, 0.5) is 0 Å². The summed E-state index contributed by atoms with van der Waals surface area (Å²) in [6.07, 6.45) is 1.52. The molecule has 0 aliphatic heterocycles. The largest absolute Gasteiger partial charge is 0.490 e. The fourth-order valence-corrected chi connectivity index (χ4v) is 3.39. The van der Waals surface area contributed by atoms with Gasteiger partial charge in [0.15, 0.2) is 11.5 Å². The quantitative estimate of drug-likeness (QED) is 0.272. The second-order valence-corrected chi connectivity index (χ2v) is 8.14. The van der Waals surface area contributed by atoms with E-state index in [0.717, 1.165) is 15.6 Å². The van der Waals surface area contributed by atoms with Crippen LogP contribution in [0.25, 0.3) is 0 Å². The lowest BCUT2D eigenvalue weighted by Crippen LogP contribution is -2.18. The van der Waals surface area contributed by atoms with E-state index in [0.29, 0.717) is 29.7 Å². The molecule has 0 atom stereocenters. The highest BCUT2D eigenvalue weighted by Gasteiger charge is 2.10. The molecule has 160 valence electrons. The molecule has 31 heavy (non-hydrogen) atoms. The van der Waals surface area contributed by atoms with Crippen molar-refractivity contribution in [1.82, 2.24) is 5.43 Å². The number of carbonyl (C=O) groups is 1. The summed E-state index contributed by atoms with van der Waals surface area (Å²) >= 11 is 15.3. The van der Waals surface area contributed by atoms with Gasteiger partial charge >= 0.3 is 0 Å². The first-order valence-corrected chi connectivity index (χ1v) is 10.9. The maximum Gasteiger partial charge on any atom is 0.272 e. The molecule has 3 aromatic carbocycles. The van der Waals surface area contributed by atoms with Crippen molar-refractivity contribution in [3.8, 4) is 11.5 Å². The van der Waals surface area contributed by atoms with Crippen LogP contribution in [0.3, 0.4) is 0 Å². The predicted molar refractivity (Wildman–Crippen MR) is 128 cm³/mol. The fraction of sp³-hybridized carbons (Fsp3) is 0.130. The fourth-order valence-electron chi connectivity index (χ4n) is 2.63. The molecule has 0 heterocycles. The lowest BCUT2D eigenvalue weighted by molar-refractivity contribution is 0.0955. The second kappa shape index (κ2) is 11.2. The van der Waals surface area contributed by atoms with Crippen LogP contribution in [0, 0.1) is 0 Å². The third-order valence-corrected chi connectivity index (χ3v) is 5.21. The van der Waals surface area contributed by atoms with Gasteiger partial charge in [-0.3, -0.25) is 4.79 Å². The van der Waals surface area contributed by atoms with E-state index in [9.17, 15) is 4.79 Å². The van der Waals surface area contributed by atoms with Gasteiger partial charge in [0.05, 0.1) is 23.4 Å². The number of rotatable bonds is 8. The number of ether oxygens (including phenoxy) is 2. The Labute approximate surface area is 199 Å². The van der Waals surface area contributed by atoms with Gasteiger partial charge in [-0.1, -0.05) is 51.3 Å². The molecule has 0 spiro atoms. The predicted octanol–water partition coefficient (Wildman–Crippen LogP) is 6.50. The molecule has 8 heteroatoms. The average Bonchev–Trinajstić information content (AvgIpc) is 2.74. The third kappa shape index (κ3) is 6.72. The highest BCUT2D eigenvalue weighted by Crippen LogP contribution is 2.29. The van der Waals surface area contributed by atoms with Crippen LogP contribution in [0.5, 0.6) is 11.5 Å². The van der Waals surface area contributed by atoms with Gasteiger partial charge in [0.2, 0.25) is 0 Å². The van der Waals surface area contributed by atoms with E-state index < -0.39 is 5.91 Å². The van der Waals surface area contributed by atoms with Gasteiger partial charge in [-0.25, -0.2) is 5.43 Å². The minimum atomic E-state index is -0.433. The van der Waals surface area contributed by atoms with Crippen LogP contribution >= 0.6 is 39.1 Å². The summed E-state index contributed by atoms with van der Waals surface area (Å²) in [5.41, 5.74) is 4.52. The number of hydrogen-bond acceptors (Lipinski definition) is 4. The molecule has 0 unspecified atom stereocenters. The summed E-state index contributed by atoms with van der Waals surface area (Å²) in [4.78, 5) is 12.2. The molecule has 0 bridgehead atoms. The zero-order valence-corrected chi connectivity index (χ0v) is 19.7. The zero-order valence-electron chi connectivity index (χ0n) is 16.6. The van der Waals surface area contributed by atoms with E-state index in [2.05, 4.69) is 26.5 Å². The molecular weight excluding hydrogens is 503 g/mol. The van der Waals surface area contributed by atoms with E-state index in [1.54, 1.807) is 18.2 Å². The SMILES string of the molecule is CCOc1cc(C=NNC(=O)c2ccc(Cl)cc2Cl)ccc1OCc1ccc(Br)cc1. The van der Waals surface area contributed by atoms with Gasteiger partial charge in [0, 0.05) is 9.50 Å². The number of amides is 1. The molecule has 3 aromatic rings. The Kier molecular flexibility index (Phi) is 8.35. The summed E-state index contributed by atoms with van der Waals surface area (Å²) in [7, 11) is 0. The number of halogens is 3. The number of hydrogen-bond donors (Lipinski definition) is 1. The van der Waals surface area contributed by atoms with E-state index in [-0.39, 0.29) is 10.6 Å². The monoisotopic (exact) mass is 520 g/mol. The topological polar surface area (TPSA) is 59.9 Å². The van der Waals surface area contributed by atoms with Gasteiger partial charge in [0.25, 0.3) is 5.91 Å². The highest BCUT2D eigenvalue weighted by molar-refractivity contribution is 9.10. The Hall–Kier alpha value is -2.54. The minimum Gasteiger partial charge on any atom is -0.490 e. The number of benzene rings is 3. The smallest absolute Gasteiger partial charge is 0.272 e. The van der Waals surface area contributed by atoms with Crippen molar-refractivity contribution in [2.45, 2.75) is 13.5 Å². The lowest BCUT2D eigenvalue weighted by Gasteiger charge is -2.12. The lowest BCUT2D eigenvalue weighted by atomic mass is 10.2. The van der Waals surface area contributed by atoms with Gasteiger partial charge in [-0.2, -0.15) is 5.10 Å². The zero-order chi connectivity index (χ0) is 22.2. The Morgan fingerprint density at radius 1 is 1.03 bits per heavy atom. The number of nitrogens with zero attached hydrogens (tertiary/aromatic N) is 1. The molecule has 0 aliphatic rings. The Bertz CT molecular complexity index is 1090. The Morgan fingerprint density at radius 3 is 2.52 bits per heavy atom. The Balaban J connectivity index is 1.66. The summed E-state index contributed by atoms with van der Waals surface area (Å²) in [5.74, 6) is 0.784. The molecule has 1 N–H and O–H groups in total. The molecule has 0 saturated carbocycles. The van der Waals surface area contributed by atoms with Crippen LogP contribution < -0.4 is 14.9 Å². The first-order valence-electron chi connectivity index (χ1n) is 9.39. The number of hydrazone groups is 1. The van der Waals surface area contributed by atoms with Gasteiger partial charge in [-0.15, -0.1) is 0 Å². The third-order valence-electron chi connectivity index (χ3n) is 4.13. The van der Waals surface area contributed by atoms with Crippen molar-refractivity contribution in [1.29, 1.82) is 0 Å². The first-order chi connectivity index (χ1) is 15.0. The molecule has 1 amide bonds. The average molecular weight is 522 g/mol. The first kappa shape index (κ1) is 23.1. The molecule has 0 saturated heterocycles. The van der Waals surface area contributed by atoms with Crippen molar-refractivity contribution >= 4 is 51.3 Å². The molecule has 0 aliphatic carbocycles. The maximum atomic E-state index is 12.2. The number of nitrogens with one attached hydrogen (secondary N) is 1. The van der Waals surface area contributed by atoms with E-state index in [1.807, 2.05) is 43.3 Å². The normalized spacial score (nSPS) is 10.8. The summed E-state index contributed by atoms with van der Waals surface area (Å²) in [5, 5.41) is 4.71. The van der Waals surface area contributed by atoms with Crippen molar-refractivity contribution in [2.75, 3.05) is 6.61 Å². The van der Waals surface area contributed by atoms with Crippen LogP contribution in [-0.2, 0) is 6.61 Å². The minimum absolute atomic E-state index is 0.256. The van der Waals surface area contributed by atoms with Crippen LogP contribution in [0.15, 0.2) is 70.2 Å².